The predicted molar refractivity (Wildman–Crippen MR) is 140 cm³/mol. The number of nitrogens with zero attached hydrogens (tertiary/aromatic N) is 1. The molecular formula is C28H36Cl2N2O2. The molecule has 184 valence electrons. The molecule has 3 rings (SSSR count). The molecule has 1 fully saturated rings. The lowest BCUT2D eigenvalue weighted by atomic mass is 9.95. The average molecular weight is 504 g/mol. The number of amides is 2. The standard InChI is InChI=1S/C28H36Cl2N2O2/c1-3-20-10-12-21(13-11-20)15-17-27(33)32(19-22-14-16-24(29)25(30)18-22)26(4-2)28(34)31-23-8-6-5-7-9-23/h10-14,16,18,23,26H,3-9,15,17,19H2,1-2H3,(H,31,34). The second-order valence-electron chi connectivity index (χ2n) is 9.21. The van der Waals surface area contributed by atoms with Gasteiger partial charge in [0.1, 0.15) is 6.04 Å². The highest BCUT2D eigenvalue weighted by Crippen LogP contribution is 2.25. The number of benzene rings is 2. The van der Waals surface area contributed by atoms with Gasteiger partial charge in [0.05, 0.1) is 10.0 Å². The van der Waals surface area contributed by atoms with Crippen LogP contribution in [0, 0.1) is 0 Å². The van der Waals surface area contributed by atoms with Crippen molar-refractivity contribution in [1.29, 1.82) is 0 Å². The van der Waals surface area contributed by atoms with Gasteiger partial charge in [0.2, 0.25) is 11.8 Å². The summed E-state index contributed by atoms with van der Waals surface area (Å²) in [6.45, 7) is 4.41. The molecule has 1 N–H and O–H groups in total. The summed E-state index contributed by atoms with van der Waals surface area (Å²) in [6.07, 6.45) is 8.07. The van der Waals surface area contributed by atoms with E-state index in [2.05, 4.69) is 36.5 Å². The molecule has 0 spiro atoms. The number of nitrogens with one attached hydrogen (secondary N) is 1. The van der Waals surface area contributed by atoms with Crippen molar-refractivity contribution in [2.75, 3.05) is 0 Å². The van der Waals surface area contributed by atoms with Crippen LogP contribution in [0.1, 0.15) is 75.5 Å². The summed E-state index contributed by atoms with van der Waals surface area (Å²) < 4.78 is 0. The summed E-state index contributed by atoms with van der Waals surface area (Å²) in [6, 6.07) is 13.5. The summed E-state index contributed by atoms with van der Waals surface area (Å²) in [4.78, 5) is 28.5. The monoisotopic (exact) mass is 502 g/mol. The first-order valence-corrected chi connectivity index (χ1v) is 13.3. The van der Waals surface area contributed by atoms with E-state index in [1.54, 1.807) is 17.0 Å². The van der Waals surface area contributed by atoms with Crippen LogP contribution in [0.5, 0.6) is 0 Å². The maximum absolute atomic E-state index is 13.5. The molecule has 0 saturated heterocycles. The van der Waals surface area contributed by atoms with Gasteiger partial charge in [0, 0.05) is 19.0 Å². The Kier molecular flexibility index (Phi) is 10.3. The van der Waals surface area contributed by atoms with Gasteiger partial charge in [-0.1, -0.05) is 86.6 Å². The van der Waals surface area contributed by atoms with E-state index in [0.717, 1.165) is 43.2 Å². The molecule has 0 bridgehead atoms. The average Bonchev–Trinajstić information content (AvgIpc) is 2.85. The molecule has 1 aliphatic rings. The summed E-state index contributed by atoms with van der Waals surface area (Å²) in [5, 5.41) is 4.14. The van der Waals surface area contributed by atoms with Crippen molar-refractivity contribution < 1.29 is 9.59 Å². The molecule has 34 heavy (non-hydrogen) atoms. The molecule has 0 aromatic heterocycles. The lowest BCUT2D eigenvalue weighted by Crippen LogP contribution is -2.51. The van der Waals surface area contributed by atoms with Gasteiger partial charge in [-0.2, -0.15) is 0 Å². The van der Waals surface area contributed by atoms with Gasteiger partial charge in [-0.15, -0.1) is 0 Å². The molecule has 4 nitrogen and oxygen atoms in total. The highest BCUT2D eigenvalue weighted by molar-refractivity contribution is 6.42. The van der Waals surface area contributed by atoms with Gasteiger partial charge in [-0.25, -0.2) is 0 Å². The van der Waals surface area contributed by atoms with Crippen LogP contribution >= 0.6 is 23.2 Å². The number of carbonyl (C=O) groups is 2. The summed E-state index contributed by atoms with van der Waals surface area (Å²) >= 11 is 12.3. The molecule has 1 unspecified atom stereocenters. The van der Waals surface area contributed by atoms with Crippen LogP contribution in [0.3, 0.4) is 0 Å². The van der Waals surface area contributed by atoms with E-state index in [1.165, 1.54) is 12.0 Å². The third kappa shape index (κ3) is 7.48. The second kappa shape index (κ2) is 13.2. The van der Waals surface area contributed by atoms with E-state index in [9.17, 15) is 9.59 Å². The van der Waals surface area contributed by atoms with Gasteiger partial charge >= 0.3 is 0 Å². The van der Waals surface area contributed by atoms with Crippen LogP contribution in [-0.2, 0) is 29.0 Å². The lowest BCUT2D eigenvalue weighted by molar-refractivity contribution is -0.141. The van der Waals surface area contributed by atoms with Crippen LogP contribution in [0.15, 0.2) is 42.5 Å². The van der Waals surface area contributed by atoms with E-state index >= 15 is 0 Å². The number of rotatable bonds is 10. The van der Waals surface area contributed by atoms with Crippen LogP contribution in [0.25, 0.3) is 0 Å². The fourth-order valence-electron chi connectivity index (χ4n) is 4.63. The second-order valence-corrected chi connectivity index (χ2v) is 10.0. The molecule has 1 saturated carbocycles. The SMILES string of the molecule is CCc1ccc(CCC(=O)N(Cc2ccc(Cl)c(Cl)c2)C(CC)C(=O)NC2CCCCC2)cc1. The zero-order chi connectivity index (χ0) is 24.5. The number of aryl methyl sites for hydroxylation is 2. The van der Waals surface area contributed by atoms with Crippen LogP contribution in [-0.4, -0.2) is 28.8 Å². The van der Waals surface area contributed by atoms with E-state index in [1.807, 2.05) is 13.0 Å². The third-order valence-corrected chi connectivity index (χ3v) is 7.47. The van der Waals surface area contributed by atoms with Gasteiger partial charge in [-0.3, -0.25) is 9.59 Å². The smallest absolute Gasteiger partial charge is 0.243 e. The first kappa shape index (κ1) is 26.6. The van der Waals surface area contributed by atoms with Crippen LogP contribution in [0.4, 0.5) is 0 Å². The molecule has 1 atom stereocenters. The minimum atomic E-state index is -0.522. The molecule has 0 aliphatic heterocycles. The Morgan fingerprint density at radius 1 is 0.941 bits per heavy atom. The van der Waals surface area contributed by atoms with E-state index in [-0.39, 0.29) is 17.9 Å². The Morgan fingerprint density at radius 3 is 2.21 bits per heavy atom. The van der Waals surface area contributed by atoms with Gasteiger partial charge in [0.15, 0.2) is 0 Å². The summed E-state index contributed by atoms with van der Waals surface area (Å²) in [7, 11) is 0. The molecule has 2 aromatic carbocycles. The summed E-state index contributed by atoms with van der Waals surface area (Å²) in [5.74, 6) is -0.0913. The predicted octanol–water partition coefficient (Wildman–Crippen LogP) is 6.74. The van der Waals surface area contributed by atoms with Crippen molar-refractivity contribution in [3.05, 3.63) is 69.2 Å². The molecule has 2 aromatic rings. The lowest BCUT2D eigenvalue weighted by Gasteiger charge is -2.33. The van der Waals surface area contributed by atoms with Crippen molar-refractivity contribution in [3.8, 4) is 0 Å². The first-order chi connectivity index (χ1) is 16.4. The highest BCUT2D eigenvalue weighted by Gasteiger charge is 2.30. The van der Waals surface area contributed by atoms with E-state index in [4.69, 9.17) is 23.2 Å². The fraction of sp³-hybridized carbons (Fsp3) is 0.500. The minimum Gasteiger partial charge on any atom is -0.352 e. The minimum absolute atomic E-state index is 0.0312. The van der Waals surface area contributed by atoms with Crippen molar-refractivity contribution in [1.82, 2.24) is 10.2 Å². The molecule has 2 amide bonds. The maximum Gasteiger partial charge on any atom is 0.243 e. The Bertz CT molecular complexity index is 955. The topological polar surface area (TPSA) is 49.4 Å². The van der Waals surface area contributed by atoms with Crippen molar-refractivity contribution in [2.24, 2.45) is 0 Å². The molecule has 0 heterocycles. The van der Waals surface area contributed by atoms with E-state index in [0.29, 0.717) is 35.9 Å². The Labute approximate surface area is 214 Å². The Balaban J connectivity index is 1.76. The zero-order valence-electron chi connectivity index (χ0n) is 20.3. The molecule has 6 heteroatoms. The van der Waals surface area contributed by atoms with Gasteiger partial charge in [-0.05, 0) is 60.9 Å². The van der Waals surface area contributed by atoms with Crippen LogP contribution in [0.2, 0.25) is 10.0 Å². The maximum atomic E-state index is 13.5. The Hall–Kier alpha value is -2.04. The van der Waals surface area contributed by atoms with Gasteiger partial charge < -0.3 is 10.2 Å². The fourth-order valence-corrected chi connectivity index (χ4v) is 4.96. The van der Waals surface area contributed by atoms with Crippen LogP contribution < -0.4 is 5.32 Å². The largest absolute Gasteiger partial charge is 0.352 e. The van der Waals surface area contributed by atoms with Gasteiger partial charge in [0.25, 0.3) is 0 Å². The van der Waals surface area contributed by atoms with Crippen molar-refractivity contribution in [2.45, 2.75) is 90.3 Å². The molecular weight excluding hydrogens is 467 g/mol. The Morgan fingerprint density at radius 2 is 1.59 bits per heavy atom. The number of hydrogen-bond donors (Lipinski definition) is 1. The highest BCUT2D eigenvalue weighted by atomic mass is 35.5. The quantitative estimate of drug-likeness (QED) is 0.390. The van der Waals surface area contributed by atoms with Crippen molar-refractivity contribution in [3.63, 3.8) is 0 Å². The summed E-state index contributed by atoms with van der Waals surface area (Å²) in [5.41, 5.74) is 3.26. The number of hydrogen-bond acceptors (Lipinski definition) is 2. The number of carbonyl (C=O) groups excluding carboxylic acids is 2. The van der Waals surface area contributed by atoms with E-state index < -0.39 is 6.04 Å². The third-order valence-electron chi connectivity index (χ3n) is 6.73. The normalized spacial score (nSPS) is 15.1. The number of halogens is 2. The molecule has 1 aliphatic carbocycles. The first-order valence-electron chi connectivity index (χ1n) is 12.5. The zero-order valence-corrected chi connectivity index (χ0v) is 21.8. The molecule has 0 radical (unpaired) electrons. The van der Waals surface area contributed by atoms with Crippen molar-refractivity contribution >= 4 is 35.0 Å².